The molecule has 2 aromatic carbocycles. The van der Waals surface area contributed by atoms with E-state index >= 15 is 0 Å². The topological polar surface area (TPSA) is 86.8 Å². The predicted molar refractivity (Wildman–Crippen MR) is 133 cm³/mol. The first-order valence-electron chi connectivity index (χ1n) is 10.9. The molecule has 0 bridgehead atoms. The van der Waals surface area contributed by atoms with Crippen molar-refractivity contribution < 1.29 is 18.0 Å². The number of nitrogens with one attached hydrogen (secondary N) is 1. The highest BCUT2D eigenvalue weighted by molar-refractivity contribution is 7.92. The van der Waals surface area contributed by atoms with Gasteiger partial charge in [-0.2, -0.15) is 0 Å². The maximum Gasteiger partial charge on any atom is 0.244 e. The molecule has 9 heteroatoms. The van der Waals surface area contributed by atoms with E-state index < -0.39 is 28.5 Å². The van der Waals surface area contributed by atoms with Crippen LogP contribution in [-0.4, -0.2) is 50.0 Å². The summed E-state index contributed by atoms with van der Waals surface area (Å²) in [6, 6.07) is 14.8. The molecule has 0 unspecified atom stereocenters. The van der Waals surface area contributed by atoms with E-state index in [1.165, 1.54) is 4.90 Å². The smallest absolute Gasteiger partial charge is 0.244 e. The Morgan fingerprint density at radius 2 is 1.61 bits per heavy atom. The van der Waals surface area contributed by atoms with E-state index in [4.69, 9.17) is 11.6 Å². The molecule has 0 aliphatic rings. The Morgan fingerprint density at radius 3 is 2.12 bits per heavy atom. The van der Waals surface area contributed by atoms with Crippen molar-refractivity contribution in [2.45, 2.75) is 52.2 Å². The van der Waals surface area contributed by atoms with Crippen LogP contribution < -0.4 is 9.62 Å². The number of amides is 2. The van der Waals surface area contributed by atoms with Gasteiger partial charge in [0.05, 0.1) is 11.9 Å². The number of sulfonamides is 1. The van der Waals surface area contributed by atoms with Crippen LogP contribution in [0.1, 0.15) is 39.2 Å². The van der Waals surface area contributed by atoms with Crippen molar-refractivity contribution in [1.29, 1.82) is 0 Å². The van der Waals surface area contributed by atoms with E-state index in [1.54, 1.807) is 24.3 Å². The summed E-state index contributed by atoms with van der Waals surface area (Å²) >= 11 is 5.94. The average molecular weight is 494 g/mol. The van der Waals surface area contributed by atoms with Gasteiger partial charge in [0.15, 0.2) is 0 Å². The number of rotatable bonds is 11. The van der Waals surface area contributed by atoms with E-state index in [2.05, 4.69) is 5.32 Å². The Morgan fingerprint density at radius 1 is 1.00 bits per heavy atom. The first-order chi connectivity index (χ1) is 15.6. The van der Waals surface area contributed by atoms with Gasteiger partial charge in [-0.3, -0.25) is 13.9 Å². The van der Waals surface area contributed by atoms with E-state index in [-0.39, 0.29) is 18.5 Å². The predicted octanol–water partition coefficient (Wildman–Crippen LogP) is 3.83. The van der Waals surface area contributed by atoms with E-state index in [9.17, 15) is 18.0 Å². The maximum absolute atomic E-state index is 13.5. The summed E-state index contributed by atoms with van der Waals surface area (Å²) < 4.78 is 26.1. The molecule has 2 rings (SSSR count). The van der Waals surface area contributed by atoms with Gasteiger partial charge in [0.1, 0.15) is 12.6 Å². The minimum atomic E-state index is -3.77. The lowest BCUT2D eigenvalue weighted by atomic mass is 10.1. The summed E-state index contributed by atoms with van der Waals surface area (Å²) in [4.78, 5) is 28.0. The first-order valence-corrected chi connectivity index (χ1v) is 13.2. The maximum atomic E-state index is 13.5. The molecular weight excluding hydrogens is 462 g/mol. The molecule has 0 fully saturated rings. The number of halogens is 1. The van der Waals surface area contributed by atoms with Crippen molar-refractivity contribution in [3.63, 3.8) is 0 Å². The quantitative estimate of drug-likeness (QED) is 0.515. The van der Waals surface area contributed by atoms with Crippen molar-refractivity contribution in [3.8, 4) is 0 Å². The normalized spacial score (nSPS) is 13.1. The van der Waals surface area contributed by atoms with Crippen LogP contribution in [0.4, 0.5) is 5.69 Å². The number of anilines is 1. The van der Waals surface area contributed by atoms with Crippen LogP contribution in [0.2, 0.25) is 5.02 Å². The summed E-state index contributed by atoms with van der Waals surface area (Å²) in [6.45, 7) is 5.46. The van der Waals surface area contributed by atoms with Crippen molar-refractivity contribution in [3.05, 3.63) is 65.2 Å². The summed E-state index contributed by atoms with van der Waals surface area (Å²) in [5.41, 5.74) is 1.17. The number of nitrogens with zero attached hydrogens (tertiary/aromatic N) is 2. The Bertz CT molecular complexity index is 1030. The first kappa shape index (κ1) is 26.7. The van der Waals surface area contributed by atoms with Crippen LogP contribution in [0, 0.1) is 0 Å². The van der Waals surface area contributed by atoms with E-state index in [0.29, 0.717) is 17.1 Å². The highest BCUT2D eigenvalue weighted by Gasteiger charge is 2.32. The molecule has 2 amide bonds. The molecule has 0 aromatic heterocycles. The summed E-state index contributed by atoms with van der Waals surface area (Å²) in [5.74, 6) is -0.723. The third-order valence-electron chi connectivity index (χ3n) is 5.38. The molecule has 180 valence electrons. The Hall–Kier alpha value is -2.58. The lowest BCUT2D eigenvalue weighted by Gasteiger charge is -2.33. The molecule has 0 saturated heterocycles. The number of hydrogen-bond donors (Lipinski definition) is 1. The van der Waals surface area contributed by atoms with Crippen molar-refractivity contribution >= 4 is 39.1 Å². The van der Waals surface area contributed by atoms with Gasteiger partial charge in [0, 0.05) is 17.6 Å². The molecule has 0 heterocycles. The fourth-order valence-corrected chi connectivity index (χ4v) is 4.34. The largest absolute Gasteiger partial charge is 0.352 e. The zero-order valence-electron chi connectivity index (χ0n) is 19.5. The van der Waals surface area contributed by atoms with Crippen LogP contribution in [0.3, 0.4) is 0 Å². The van der Waals surface area contributed by atoms with Gasteiger partial charge >= 0.3 is 0 Å². The summed E-state index contributed by atoms with van der Waals surface area (Å²) in [7, 11) is -3.77. The molecular formula is C24H32ClN3O4S. The van der Waals surface area contributed by atoms with Gasteiger partial charge in [-0.25, -0.2) is 8.42 Å². The van der Waals surface area contributed by atoms with Crippen LogP contribution in [0.15, 0.2) is 54.6 Å². The van der Waals surface area contributed by atoms with Crippen molar-refractivity contribution in [1.82, 2.24) is 10.2 Å². The second kappa shape index (κ2) is 12.0. The SMILES string of the molecule is CC[C@H](C(=O)N[C@@H](C)CC)N(Cc1ccccc1)C(=O)CN(c1ccc(Cl)cc1)S(C)(=O)=O. The third kappa shape index (κ3) is 7.75. The molecule has 1 N–H and O–H groups in total. The minimum absolute atomic E-state index is 0.0400. The van der Waals surface area contributed by atoms with Crippen molar-refractivity contribution in [2.75, 3.05) is 17.1 Å². The second-order valence-electron chi connectivity index (χ2n) is 8.00. The van der Waals surface area contributed by atoms with Crippen LogP contribution in [-0.2, 0) is 26.2 Å². The molecule has 0 saturated carbocycles. The van der Waals surface area contributed by atoms with Gasteiger partial charge < -0.3 is 10.2 Å². The van der Waals surface area contributed by atoms with Crippen LogP contribution >= 0.6 is 11.6 Å². The minimum Gasteiger partial charge on any atom is -0.352 e. The molecule has 7 nitrogen and oxygen atoms in total. The summed E-state index contributed by atoms with van der Waals surface area (Å²) in [6.07, 6.45) is 2.19. The number of benzene rings is 2. The molecule has 33 heavy (non-hydrogen) atoms. The Balaban J connectivity index is 2.39. The number of carbonyl (C=O) groups excluding carboxylic acids is 2. The second-order valence-corrected chi connectivity index (χ2v) is 10.3. The molecule has 0 aliphatic carbocycles. The summed E-state index contributed by atoms with van der Waals surface area (Å²) in [5, 5.41) is 3.40. The van der Waals surface area contributed by atoms with E-state index in [1.807, 2.05) is 51.1 Å². The zero-order valence-corrected chi connectivity index (χ0v) is 21.1. The lowest BCUT2D eigenvalue weighted by Crippen LogP contribution is -2.53. The highest BCUT2D eigenvalue weighted by Crippen LogP contribution is 2.22. The fourth-order valence-electron chi connectivity index (χ4n) is 3.36. The van der Waals surface area contributed by atoms with Gasteiger partial charge in [-0.1, -0.05) is 55.8 Å². The van der Waals surface area contributed by atoms with Crippen LogP contribution in [0.5, 0.6) is 0 Å². The third-order valence-corrected chi connectivity index (χ3v) is 6.77. The van der Waals surface area contributed by atoms with Crippen LogP contribution in [0.25, 0.3) is 0 Å². The molecule has 0 spiro atoms. The van der Waals surface area contributed by atoms with Gasteiger partial charge in [0.25, 0.3) is 0 Å². The Labute approximate surface area is 201 Å². The van der Waals surface area contributed by atoms with Gasteiger partial charge in [0.2, 0.25) is 21.8 Å². The van der Waals surface area contributed by atoms with Gasteiger partial charge in [-0.05, 0) is 49.6 Å². The zero-order chi connectivity index (χ0) is 24.6. The standard InChI is InChI=1S/C24H32ClN3O4S/c1-5-18(3)26-24(30)22(6-2)27(16-19-10-8-7-9-11-19)23(29)17-28(33(4,31)32)21-14-12-20(25)13-15-21/h7-15,18,22H,5-6,16-17H2,1-4H3,(H,26,30)/t18-,22+/m0/s1. The number of hydrogen-bond acceptors (Lipinski definition) is 4. The lowest BCUT2D eigenvalue weighted by molar-refractivity contribution is -0.140. The fraction of sp³-hybridized carbons (Fsp3) is 0.417. The highest BCUT2D eigenvalue weighted by atomic mass is 35.5. The monoisotopic (exact) mass is 493 g/mol. The number of carbonyl (C=O) groups is 2. The van der Waals surface area contributed by atoms with E-state index in [0.717, 1.165) is 22.5 Å². The molecule has 0 radical (unpaired) electrons. The van der Waals surface area contributed by atoms with Crippen molar-refractivity contribution in [2.24, 2.45) is 0 Å². The van der Waals surface area contributed by atoms with Gasteiger partial charge in [-0.15, -0.1) is 0 Å². The Kier molecular flexibility index (Phi) is 9.73. The molecule has 2 aromatic rings. The molecule has 0 aliphatic heterocycles. The average Bonchev–Trinajstić information content (AvgIpc) is 2.77. The molecule has 2 atom stereocenters.